The summed E-state index contributed by atoms with van der Waals surface area (Å²) in [7, 11) is 4.72. The maximum absolute atomic E-state index is 15.0. The summed E-state index contributed by atoms with van der Waals surface area (Å²) in [5.41, 5.74) is 7.15. The highest BCUT2D eigenvalue weighted by atomic mass is 16.6. The number of imide groups is 1. The number of primary amides is 1. The van der Waals surface area contributed by atoms with Gasteiger partial charge in [-0.2, -0.15) is 0 Å². The third kappa shape index (κ3) is 22.1. The van der Waals surface area contributed by atoms with Crippen LogP contribution in [-0.4, -0.2) is 199 Å². The molecule has 2 aromatic carbocycles. The van der Waals surface area contributed by atoms with Crippen molar-refractivity contribution >= 4 is 83.5 Å². The number of likely N-dealkylation sites (N-methyl/N-ethyl adjacent to an activating group) is 1. The number of fused-ring (bicyclic) bond motifs is 2. The molecule has 4 aliphatic rings. The SMILES string of the molecule is C=NC(=N/C=C\C)[C@H](Cc1ccccc1)NC(=O)[C@H](C)[C@@H](OC)[C@@H]1CCCN1C(=O)C[C@@H](OC)[C@H]([C@@H](C)CC)N(C)C(=O)[C@@H](NC(=O)[C@@H]1[C@H]2CC[C@H](C2)N1C(=O)OCc1ccc(NC(=O)[C@H](CCCNC(N)=O)NC(=O)[C@@H](NC(=O)CCCCCN2C(=O)C=CC2=O)C(C)C)cc1)C(C)C. The molecular weight excluding hydrogens is 1280 g/mol. The van der Waals surface area contributed by atoms with E-state index >= 15 is 0 Å². The van der Waals surface area contributed by atoms with Crippen LogP contribution in [0.5, 0.6) is 0 Å². The highest BCUT2D eigenvalue weighted by molar-refractivity contribution is 6.12. The number of amidine groups is 1. The van der Waals surface area contributed by atoms with Crippen LogP contribution in [0.25, 0.3) is 0 Å². The number of nitrogens with zero attached hydrogens (tertiary/aromatic N) is 6. The molecule has 548 valence electrons. The number of anilines is 1. The van der Waals surface area contributed by atoms with E-state index in [1.165, 1.54) is 31.3 Å². The number of benzene rings is 2. The van der Waals surface area contributed by atoms with Crippen LogP contribution in [0.15, 0.2) is 89.0 Å². The normalized spacial score (nSPS) is 20.1. The molecule has 27 nitrogen and oxygen atoms in total. The average Bonchev–Trinajstić information content (AvgIpc) is 1.64. The largest absolute Gasteiger partial charge is 0.445 e. The standard InChI is InChI=1S/C73H107N13O14/c1-13-36-76-66(75-9)54(40-48-23-17-15-18-24-48)80-67(91)47(8)65(99-12)55-26-22-39-84(55)60(90)42-56(98-11)63(46(7)14-2)83(10)71(95)62(45(5)6)82-70(94)64-50-30-33-52(41-50)86(64)73(97)100-43-49-28-31-51(32-29-49)78-68(92)53(25-21-37-77-72(74)96)79-69(93)61(44(3)4)81-57(87)27-19-16-20-38-85-58(88)34-35-59(85)89/h13,15,17-18,23-24,28-29,31-32,34-36,44-47,50,52-56,61-65H,9,14,16,19-22,25-27,30,33,37-43H2,1-8,10-12H3,(H,78,92)(H,79,93)(H,80,91)(H,81,87)(H,82,94)(H3,74,77,96)/b36-13-,76-66?/t46-,47+,50-,52+,53-,54-,55-,56+,61-,62-,63-,64-,65+/m0/s1. The van der Waals surface area contributed by atoms with E-state index in [0.29, 0.717) is 87.8 Å². The Bertz CT molecular complexity index is 3230. The first kappa shape index (κ1) is 80.1. The number of nitrogens with one attached hydrogen (secondary N) is 6. The zero-order valence-electron chi connectivity index (χ0n) is 60.1. The van der Waals surface area contributed by atoms with Gasteiger partial charge >= 0.3 is 12.1 Å². The van der Waals surface area contributed by atoms with Gasteiger partial charge in [0.05, 0.1) is 42.7 Å². The molecule has 1 aliphatic carbocycles. The van der Waals surface area contributed by atoms with Gasteiger partial charge in [0.25, 0.3) is 11.8 Å². The van der Waals surface area contributed by atoms with Gasteiger partial charge in [0, 0.05) is 77.4 Å². The van der Waals surface area contributed by atoms with E-state index in [-0.39, 0.29) is 105 Å². The number of carbonyl (C=O) groups excluding carboxylic acids is 11. The summed E-state index contributed by atoms with van der Waals surface area (Å²) in [6.45, 7) is 19.1. The number of unbranched alkanes of at least 4 members (excludes halogenated alkanes) is 2. The fraction of sp³-hybridized carbons (Fsp3) is 0.603. The quantitative estimate of drug-likeness (QED) is 0.0173. The van der Waals surface area contributed by atoms with Gasteiger partial charge in [-0.15, -0.1) is 0 Å². The molecule has 2 saturated heterocycles. The number of urea groups is 1. The summed E-state index contributed by atoms with van der Waals surface area (Å²) in [5.74, 6) is -5.17. The lowest BCUT2D eigenvalue weighted by molar-refractivity contribution is -0.148. The van der Waals surface area contributed by atoms with Crippen molar-refractivity contribution < 1.29 is 67.0 Å². The molecule has 3 heterocycles. The number of amides is 12. The molecule has 100 heavy (non-hydrogen) atoms. The Balaban J connectivity index is 1.06. The molecule has 2 aromatic rings. The summed E-state index contributed by atoms with van der Waals surface area (Å²) >= 11 is 0. The van der Waals surface area contributed by atoms with Gasteiger partial charge in [0.1, 0.15) is 36.6 Å². The molecule has 0 spiro atoms. The van der Waals surface area contributed by atoms with Crippen LogP contribution in [-0.2, 0) is 70.4 Å². The number of carbonyl (C=O) groups is 11. The molecule has 12 amide bonds. The van der Waals surface area contributed by atoms with Crippen LogP contribution in [0.4, 0.5) is 15.3 Å². The smallest absolute Gasteiger partial charge is 0.411 e. The molecular formula is C73H107N13O14. The third-order valence-corrected chi connectivity index (χ3v) is 19.6. The van der Waals surface area contributed by atoms with Crippen molar-refractivity contribution in [3.63, 3.8) is 0 Å². The van der Waals surface area contributed by atoms with Crippen LogP contribution in [0.3, 0.4) is 0 Å². The van der Waals surface area contributed by atoms with Crippen LogP contribution >= 0.6 is 0 Å². The van der Waals surface area contributed by atoms with Crippen molar-refractivity contribution in [2.75, 3.05) is 46.2 Å². The van der Waals surface area contributed by atoms with Gasteiger partial charge in [-0.05, 0) is 125 Å². The number of likely N-dealkylation sites (tertiary alicyclic amines) is 2. The highest BCUT2D eigenvalue weighted by Gasteiger charge is 2.53. The summed E-state index contributed by atoms with van der Waals surface area (Å²) in [4.78, 5) is 163. The Kier molecular flexibility index (Phi) is 31.4. The molecule has 3 aliphatic heterocycles. The average molecular weight is 1390 g/mol. The van der Waals surface area contributed by atoms with Gasteiger partial charge in [0.2, 0.25) is 41.4 Å². The van der Waals surface area contributed by atoms with Crippen LogP contribution in [0, 0.1) is 29.6 Å². The minimum absolute atomic E-state index is 0.0840. The number of aliphatic imine (C=N–C) groups is 2. The topological polar surface area (TPSA) is 351 Å². The number of piperidine rings is 1. The Hall–Kier alpha value is -8.85. The molecule has 8 N–H and O–H groups in total. The van der Waals surface area contributed by atoms with Crippen LogP contribution in [0.1, 0.15) is 150 Å². The fourth-order valence-corrected chi connectivity index (χ4v) is 14.0. The van der Waals surface area contributed by atoms with Crippen molar-refractivity contribution in [1.82, 2.24) is 46.2 Å². The molecule has 13 atom stereocenters. The number of ether oxygens (including phenoxy) is 3. The fourth-order valence-electron chi connectivity index (χ4n) is 14.0. The predicted octanol–water partition coefficient (Wildman–Crippen LogP) is 6.10. The second-order valence-electron chi connectivity index (χ2n) is 27.3. The van der Waals surface area contributed by atoms with E-state index in [0.717, 1.165) is 10.5 Å². The van der Waals surface area contributed by atoms with Gasteiger partial charge in [-0.1, -0.05) is 110 Å². The van der Waals surface area contributed by atoms with Crippen molar-refractivity contribution in [3.05, 3.63) is 90.2 Å². The molecule has 3 fully saturated rings. The van der Waals surface area contributed by atoms with E-state index in [1.807, 2.05) is 65.0 Å². The Morgan fingerprint density at radius 1 is 0.780 bits per heavy atom. The zero-order chi connectivity index (χ0) is 73.3. The Morgan fingerprint density at radius 2 is 1.46 bits per heavy atom. The summed E-state index contributed by atoms with van der Waals surface area (Å²) in [6.07, 6.45) is 9.78. The first-order valence-corrected chi connectivity index (χ1v) is 35.2. The number of hydrogen-bond acceptors (Lipinski definition) is 15. The molecule has 2 bridgehead atoms. The predicted molar refractivity (Wildman–Crippen MR) is 379 cm³/mol. The van der Waals surface area contributed by atoms with E-state index in [1.54, 1.807) is 74.2 Å². The van der Waals surface area contributed by atoms with Gasteiger partial charge < -0.3 is 61.6 Å². The van der Waals surface area contributed by atoms with Crippen molar-refractivity contribution in [1.29, 1.82) is 0 Å². The maximum Gasteiger partial charge on any atom is 0.411 e. The molecule has 0 unspecified atom stereocenters. The minimum Gasteiger partial charge on any atom is -0.445 e. The van der Waals surface area contributed by atoms with E-state index in [2.05, 4.69) is 48.6 Å². The zero-order valence-corrected chi connectivity index (χ0v) is 60.1. The molecule has 1 saturated carbocycles. The number of hydrogen-bond donors (Lipinski definition) is 7. The molecule has 6 rings (SSSR count). The Labute approximate surface area is 588 Å². The number of methoxy groups -OCH3 is 2. The lowest BCUT2D eigenvalue weighted by Crippen LogP contribution is -2.60. The second kappa shape index (κ2) is 39.2. The Morgan fingerprint density at radius 3 is 2.08 bits per heavy atom. The van der Waals surface area contributed by atoms with Crippen molar-refractivity contribution in [2.45, 2.75) is 212 Å². The first-order chi connectivity index (χ1) is 47.8. The van der Waals surface area contributed by atoms with Crippen LogP contribution in [0.2, 0.25) is 0 Å². The van der Waals surface area contributed by atoms with E-state index in [9.17, 15) is 52.7 Å². The van der Waals surface area contributed by atoms with Gasteiger partial charge in [-0.25, -0.2) is 19.6 Å². The summed E-state index contributed by atoms with van der Waals surface area (Å²) in [6, 6.07) is 9.46. The second-order valence-corrected chi connectivity index (χ2v) is 27.3. The number of rotatable bonds is 38. The monoisotopic (exact) mass is 1390 g/mol. The van der Waals surface area contributed by atoms with E-state index in [4.69, 9.17) is 19.9 Å². The van der Waals surface area contributed by atoms with Crippen molar-refractivity contribution in [2.24, 2.45) is 45.3 Å². The highest BCUT2D eigenvalue weighted by Crippen LogP contribution is 2.43. The van der Waals surface area contributed by atoms with Crippen molar-refractivity contribution in [3.8, 4) is 0 Å². The molecule has 0 aromatic heterocycles. The first-order valence-electron chi connectivity index (χ1n) is 35.2. The maximum atomic E-state index is 15.0. The van der Waals surface area contributed by atoms with Crippen LogP contribution < -0.4 is 37.6 Å². The minimum atomic E-state index is -1.11. The number of nitrogens with two attached hydrogens (primary N) is 1. The summed E-state index contributed by atoms with van der Waals surface area (Å²) < 4.78 is 18.1. The lowest BCUT2D eigenvalue weighted by Gasteiger charge is -2.41. The van der Waals surface area contributed by atoms with Gasteiger partial charge in [0.15, 0.2) is 0 Å². The third-order valence-electron chi connectivity index (χ3n) is 19.6. The molecule has 0 radical (unpaired) electrons. The lowest BCUT2D eigenvalue weighted by atomic mass is 9.89. The van der Waals surface area contributed by atoms with E-state index < -0.39 is 96.2 Å². The molecule has 27 heteroatoms. The summed E-state index contributed by atoms with van der Waals surface area (Å²) in [5, 5.41) is 17.0. The number of allylic oxidation sites excluding steroid dienone is 1. The van der Waals surface area contributed by atoms with Gasteiger partial charge in [-0.3, -0.25) is 53.0 Å².